The van der Waals surface area contributed by atoms with Crippen LogP contribution in [0.4, 0.5) is 0 Å². The Morgan fingerprint density at radius 3 is 2.63 bits per heavy atom. The predicted molar refractivity (Wildman–Crippen MR) is 114 cm³/mol. The lowest BCUT2D eigenvalue weighted by Crippen LogP contribution is -2.41. The minimum absolute atomic E-state index is 0.0206. The van der Waals surface area contributed by atoms with Gasteiger partial charge in [-0.1, -0.05) is 34.6 Å². The molecule has 0 aromatic rings. The SMILES string of the molecule is CC/C(CN[C@@H](C)CC)=C(/N)COC1CN/C(=C(\C=N/C)C(C)(C)C)OC1. The van der Waals surface area contributed by atoms with Gasteiger partial charge < -0.3 is 25.8 Å². The second-order valence-corrected chi connectivity index (χ2v) is 8.18. The fourth-order valence-electron chi connectivity index (χ4n) is 2.71. The number of nitrogens with two attached hydrogens (primary N) is 1. The van der Waals surface area contributed by atoms with E-state index >= 15 is 0 Å². The molecule has 156 valence electrons. The highest BCUT2D eigenvalue weighted by atomic mass is 16.5. The van der Waals surface area contributed by atoms with Gasteiger partial charge in [0.05, 0.1) is 6.61 Å². The molecule has 1 saturated heterocycles. The molecule has 0 aromatic heterocycles. The molecule has 6 heteroatoms. The molecule has 1 fully saturated rings. The first-order valence-corrected chi connectivity index (χ1v) is 10.1. The van der Waals surface area contributed by atoms with Crippen molar-refractivity contribution in [2.45, 2.75) is 66.5 Å². The number of nitrogens with zero attached hydrogens (tertiary/aromatic N) is 1. The van der Waals surface area contributed by atoms with Gasteiger partial charge in [-0.05, 0) is 30.8 Å². The lowest BCUT2D eigenvalue weighted by Gasteiger charge is -2.31. The summed E-state index contributed by atoms with van der Waals surface area (Å²) in [6, 6.07) is 0.491. The Hall–Kier alpha value is -1.53. The Kier molecular flexibility index (Phi) is 9.88. The van der Waals surface area contributed by atoms with Gasteiger partial charge in [-0.15, -0.1) is 0 Å². The molecule has 27 heavy (non-hydrogen) atoms. The minimum Gasteiger partial charge on any atom is -0.476 e. The number of aliphatic imine (C=N–C) groups is 1. The molecule has 1 aliphatic rings. The average Bonchev–Trinajstić information content (AvgIpc) is 2.64. The van der Waals surface area contributed by atoms with Gasteiger partial charge in [-0.25, -0.2) is 0 Å². The zero-order valence-corrected chi connectivity index (χ0v) is 18.3. The molecule has 1 rings (SSSR count). The van der Waals surface area contributed by atoms with Gasteiger partial charge in [0, 0.05) is 43.7 Å². The van der Waals surface area contributed by atoms with Crippen molar-refractivity contribution in [1.29, 1.82) is 0 Å². The summed E-state index contributed by atoms with van der Waals surface area (Å²) in [7, 11) is 1.78. The first kappa shape index (κ1) is 23.5. The average molecular weight is 381 g/mol. The lowest BCUT2D eigenvalue weighted by molar-refractivity contribution is -0.0157. The monoisotopic (exact) mass is 380 g/mol. The molecular weight excluding hydrogens is 340 g/mol. The maximum absolute atomic E-state index is 6.27. The third-order valence-electron chi connectivity index (χ3n) is 4.85. The largest absolute Gasteiger partial charge is 0.476 e. The highest BCUT2D eigenvalue weighted by Crippen LogP contribution is 2.27. The topological polar surface area (TPSA) is 80.9 Å². The summed E-state index contributed by atoms with van der Waals surface area (Å²) < 4.78 is 11.9. The van der Waals surface area contributed by atoms with Gasteiger partial charge in [0.25, 0.3) is 0 Å². The molecule has 0 aromatic carbocycles. The van der Waals surface area contributed by atoms with Crippen LogP contribution in [-0.2, 0) is 9.47 Å². The third kappa shape index (κ3) is 7.93. The Labute approximate surface area is 165 Å². The number of hydrogen-bond donors (Lipinski definition) is 3. The summed E-state index contributed by atoms with van der Waals surface area (Å²) in [5.41, 5.74) is 9.33. The van der Waals surface area contributed by atoms with Crippen LogP contribution in [0.3, 0.4) is 0 Å². The van der Waals surface area contributed by atoms with Crippen molar-refractivity contribution in [3.63, 3.8) is 0 Å². The van der Waals surface area contributed by atoms with E-state index in [2.05, 4.69) is 57.2 Å². The van der Waals surface area contributed by atoms with Crippen LogP contribution in [0.2, 0.25) is 0 Å². The van der Waals surface area contributed by atoms with E-state index in [-0.39, 0.29) is 11.5 Å². The van der Waals surface area contributed by atoms with E-state index in [9.17, 15) is 0 Å². The van der Waals surface area contributed by atoms with Crippen LogP contribution >= 0.6 is 0 Å². The molecule has 1 unspecified atom stereocenters. The standard InChI is InChI=1S/C21H40N4O2/c1-8-15(3)24-10-16(9-2)19(22)14-26-17-11-25-20(27-13-17)18(12-23-7)21(4,5)6/h12,15,17,24-25H,8-11,13-14,22H2,1-7H3/b19-16-,20-18-,23-12-/t15-,17?/m0/s1. The zero-order chi connectivity index (χ0) is 20.4. The van der Waals surface area contributed by atoms with Crippen LogP contribution < -0.4 is 16.4 Å². The summed E-state index contributed by atoms with van der Waals surface area (Å²) in [5, 5.41) is 6.84. The molecule has 0 saturated carbocycles. The highest BCUT2D eigenvalue weighted by Gasteiger charge is 2.26. The fraction of sp³-hybridized carbons (Fsp3) is 0.762. The second-order valence-electron chi connectivity index (χ2n) is 8.18. The summed E-state index contributed by atoms with van der Waals surface area (Å²) in [4.78, 5) is 4.16. The minimum atomic E-state index is -0.0403. The molecule has 1 heterocycles. The van der Waals surface area contributed by atoms with Crippen molar-refractivity contribution in [1.82, 2.24) is 10.6 Å². The summed E-state index contributed by atoms with van der Waals surface area (Å²) in [6.07, 6.45) is 3.87. The first-order chi connectivity index (χ1) is 12.7. The number of ether oxygens (including phenoxy) is 2. The van der Waals surface area contributed by atoms with Gasteiger partial charge in [0.1, 0.15) is 12.7 Å². The lowest BCUT2D eigenvalue weighted by atomic mass is 9.87. The quantitative estimate of drug-likeness (QED) is 0.536. The van der Waals surface area contributed by atoms with Crippen molar-refractivity contribution in [2.75, 3.05) is 33.4 Å². The Balaban J connectivity index is 2.60. The molecule has 0 bridgehead atoms. The number of allylic oxidation sites excluding steroid dienone is 1. The van der Waals surface area contributed by atoms with Crippen molar-refractivity contribution in [2.24, 2.45) is 16.1 Å². The van der Waals surface area contributed by atoms with Crippen LogP contribution in [0.1, 0.15) is 54.4 Å². The van der Waals surface area contributed by atoms with Gasteiger partial charge in [0.2, 0.25) is 0 Å². The van der Waals surface area contributed by atoms with E-state index in [0.29, 0.717) is 25.8 Å². The van der Waals surface area contributed by atoms with E-state index in [1.165, 1.54) is 5.57 Å². The van der Waals surface area contributed by atoms with E-state index in [0.717, 1.165) is 36.5 Å². The number of rotatable bonds is 9. The number of hydrogen-bond acceptors (Lipinski definition) is 6. The van der Waals surface area contributed by atoms with Crippen molar-refractivity contribution >= 4 is 6.21 Å². The second kappa shape index (κ2) is 11.3. The van der Waals surface area contributed by atoms with E-state index in [1.807, 2.05) is 6.21 Å². The Morgan fingerprint density at radius 2 is 2.15 bits per heavy atom. The van der Waals surface area contributed by atoms with Crippen LogP contribution in [0.15, 0.2) is 27.7 Å². The molecular formula is C21H40N4O2. The van der Waals surface area contributed by atoms with Crippen molar-refractivity contribution in [3.05, 3.63) is 22.7 Å². The molecule has 0 spiro atoms. The number of nitrogens with one attached hydrogen (secondary N) is 2. The van der Waals surface area contributed by atoms with Gasteiger partial charge >= 0.3 is 0 Å². The molecule has 2 atom stereocenters. The molecule has 4 N–H and O–H groups in total. The van der Waals surface area contributed by atoms with Crippen molar-refractivity contribution in [3.8, 4) is 0 Å². The molecule has 0 amide bonds. The molecule has 0 radical (unpaired) electrons. The van der Waals surface area contributed by atoms with Crippen LogP contribution in [0, 0.1) is 5.41 Å². The Bertz CT molecular complexity index is 537. The van der Waals surface area contributed by atoms with E-state index in [1.54, 1.807) is 7.05 Å². The molecule has 0 aliphatic carbocycles. The predicted octanol–water partition coefficient (Wildman–Crippen LogP) is 2.96. The third-order valence-corrected chi connectivity index (χ3v) is 4.85. The maximum atomic E-state index is 6.27. The highest BCUT2D eigenvalue weighted by molar-refractivity contribution is 5.80. The first-order valence-electron chi connectivity index (χ1n) is 10.1. The molecule has 6 nitrogen and oxygen atoms in total. The zero-order valence-electron chi connectivity index (χ0n) is 18.3. The smallest absolute Gasteiger partial charge is 0.192 e. The summed E-state index contributed by atoms with van der Waals surface area (Å²) in [6.45, 7) is 15.4. The van der Waals surface area contributed by atoms with E-state index in [4.69, 9.17) is 15.2 Å². The van der Waals surface area contributed by atoms with Crippen LogP contribution in [-0.4, -0.2) is 51.7 Å². The Morgan fingerprint density at radius 1 is 1.44 bits per heavy atom. The maximum Gasteiger partial charge on any atom is 0.192 e. The van der Waals surface area contributed by atoms with Crippen LogP contribution in [0.25, 0.3) is 0 Å². The fourth-order valence-corrected chi connectivity index (χ4v) is 2.71. The van der Waals surface area contributed by atoms with Gasteiger partial charge in [-0.2, -0.15) is 0 Å². The van der Waals surface area contributed by atoms with Gasteiger partial charge in [-0.3, -0.25) is 4.99 Å². The van der Waals surface area contributed by atoms with Crippen LogP contribution in [0.5, 0.6) is 0 Å². The summed E-state index contributed by atoms with van der Waals surface area (Å²) >= 11 is 0. The van der Waals surface area contributed by atoms with Crippen molar-refractivity contribution < 1.29 is 9.47 Å². The normalized spacial score (nSPS) is 22.1. The van der Waals surface area contributed by atoms with E-state index < -0.39 is 0 Å². The molecule has 1 aliphatic heterocycles. The van der Waals surface area contributed by atoms with Gasteiger partial charge in [0.15, 0.2) is 5.88 Å². The summed E-state index contributed by atoms with van der Waals surface area (Å²) in [5.74, 6) is 0.795.